The molecule has 0 N–H and O–H groups in total. The van der Waals surface area contributed by atoms with Crippen LogP contribution >= 0.6 is 0 Å². The molecule has 1 fully saturated rings. The van der Waals surface area contributed by atoms with E-state index in [1.807, 2.05) is 21.6 Å². The first-order valence-electron chi connectivity index (χ1n) is 9.64. The number of carbonyl (C=O) groups is 1. The van der Waals surface area contributed by atoms with E-state index in [0.717, 1.165) is 12.1 Å². The number of nitrogens with zero attached hydrogens (tertiary/aromatic N) is 4. The molecule has 29 heavy (non-hydrogen) atoms. The Morgan fingerprint density at radius 1 is 1.00 bits per heavy atom. The number of halogens is 1. The first kappa shape index (κ1) is 17.7. The van der Waals surface area contributed by atoms with Crippen molar-refractivity contribution in [2.24, 2.45) is 5.92 Å². The first-order valence-corrected chi connectivity index (χ1v) is 9.64. The molecule has 146 valence electrons. The van der Waals surface area contributed by atoms with Crippen molar-refractivity contribution in [2.75, 3.05) is 13.1 Å². The van der Waals surface area contributed by atoms with Crippen LogP contribution in [0.4, 0.5) is 4.39 Å². The predicted octanol–water partition coefficient (Wildman–Crippen LogP) is 2.70. The van der Waals surface area contributed by atoms with Crippen LogP contribution in [0.1, 0.15) is 28.4 Å². The summed E-state index contributed by atoms with van der Waals surface area (Å²) in [6.45, 7) is 1.73. The molecule has 0 aliphatic carbocycles. The van der Waals surface area contributed by atoms with Gasteiger partial charge in [0.15, 0.2) is 0 Å². The van der Waals surface area contributed by atoms with Gasteiger partial charge in [0.05, 0.1) is 5.56 Å². The molecule has 2 aliphatic heterocycles. The Bertz CT molecular complexity index is 1130. The first-order chi connectivity index (χ1) is 14.1. The topological polar surface area (TPSA) is 68.1 Å². The van der Waals surface area contributed by atoms with E-state index in [2.05, 4.69) is 9.97 Å². The molecule has 3 aromatic rings. The van der Waals surface area contributed by atoms with Crippen molar-refractivity contribution in [2.45, 2.75) is 18.9 Å². The molecule has 1 saturated heterocycles. The Morgan fingerprint density at radius 3 is 2.52 bits per heavy atom. The number of benzene rings is 1. The smallest absolute Gasteiger partial charge is 0.258 e. The van der Waals surface area contributed by atoms with E-state index in [-0.39, 0.29) is 29.1 Å². The fourth-order valence-corrected chi connectivity index (χ4v) is 4.54. The zero-order valence-corrected chi connectivity index (χ0v) is 15.7. The predicted molar refractivity (Wildman–Crippen MR) is 105 cm³/mol. The molecule has 2 atom stereocenters. The lowest BCUT2D eigenvalue weighted by Crippen LogP contribution is -2.49. The molecule has 0 spiro atoms. The van der Waals surface area contributed by atoms with E-state index in [9.17, 15) is 14.0 Å². The highest BCUT2D eigenvalue weighted by Gasteiger charge is 2.37. The highest BCUT2D eigenvalue weighted by Crippen LogP contribution is 2.36. The summed E-state index contributed by atoms with van der Waals surface area (Å²) in [5, 5.41) is 0. The number of likely N-dealkylation sites (tertiary alicyclic amines) is 1. The van der Waals surface area contributed by atoms with Gasteiger partial charge in [-0.2, -0.15) is 0 Å². The van der Waals surface area contributed by atoms with E-state index >= 15 is 0 Å². The van der Waals surface area contributed by atoms with Crippen LogP contribution in [0.3, 0.4) is 0 Å². The van der Waals surface area contributed by atoms with Crippen LogP contribution in [-0.2, 0) is 6.54 Å². The van der Waals surface area contributed by atoms with Crippen LogP contribution in [0.15, 0.2) is 59.9 Å². The van der Waals surface area contributed by atoms with Gasteiger partial charge in [0.2, 0.25) is 0 Å². The van der Waals surface area contributed by atoms with Gasteiger partial charge in [0.1, 0.15) is 12.1 Å². The minimum Gasteiger partial charge on any atom is -0.338 e. The highest BCUT2D eigenvalue weighted by molar-refractivity contribution is 5.94. The lowest BCUT2D eigenvalue weighted by atomic mass is 9.82. The number of hydrogen-bond acceptors (Lipinski definition) is 4. The van der Waals surface area contributed by atoms with Gasteiger partial charge in [0.25, 0.3) is 11.5 Å². The second-order valence-electron chi connectivity index (χ2n) is 7.73. The maximum atomic E-state index is 13.2. The van der Waals surface area contributed by atoms with Gasteiger partial charge in [-0.05, 0) is 48.7 Å². The number of hydrogen-bond donors (Lipinski definition) is 0. The number of carbonyl (C=O) groups excluding carboxylic acids is 1. The van der Waals surface area contributed by atoms with Crippen LogP contribution < -0.4 is 5.56 Å². The van der Waals surface area contributed by atoms with Gasteiger partial charge in [-0.3, -0.25) is 9.59 Å². The van der Waals surface area contributed by atoms with Crippen molar-refractivity contribution in [1.29, 1.82) is 0 Å². The summed E-state index contributed by atoms with van der Waals surface area (Å²) >= 11 is 0. The third-order valence-corrected chi connectivity index (χ3v) is 5.85. The van der Waals surface area contributed by atoms with Gasteiger partial charge in [-0.1, -0.05) is 0 Å². The van der Waals surface area contributed by atoms with Crippen molar-refractivity contribution in [3.8, 4) is 11.1 Å². The standard InChI is InChI=1S/C22H19FN4O2/c23-18-3-1-15(2-4-18)21(28)26-10-14-7-16(12-26)20-6-5-19(22(29)27(20)11-14)17-8-24-13-25-9-17/h1-6,8-9,13-14,16H,7,10-12H2/t14-,16+/m0/s1. The average Bonchev–Trinajstić information content (AvgIpc) is 2.75. The molecule has 0 radical (unpaired) electrons. The van der Waals surface area contributed by atoms with Crippen molar-refractivity contribution in [3.63, 3.8) is 0 Å². The zero-order valence-electron chi connectivity index (χ0n) is 15.7. The van der Waals surface area contributed by atoms with Crippen molar-refractivity contribution < 1.29 is 9.18 Å². The van der Waals surface area contributed by atoms with E-state index in [4.69, 9.17) is 0 Å². The second kappa shape index (κ2) is 6.92. The normalized spacial score (nSPS) is 20.2. The van der Waals surface area contributed by atoms with Crippen molar-refractivity contribution in [1.82, 2.24) is 19.4 Å². The molecule has 2 aliphatic rings. The number of fused-ring (bicyclic) bond motifs is 4. The maximum Gasteiger partial charge on any atom is 0.258 e. The molecule has 1 aromatic carbocycles. The summed E-state index contributed by atoms with van der Waals surface area (Å²) in [4.78, 5) is 35.8. The summed E-state index contributed by atoms with van der Waals surface area (Å²) in [6.07, 6.45) is 5.68. The van der Waals surface area contributed by atoms with E-state index < -0.39 is 0 Å². The lowest BCUT2D eigenvalue weighted by Gasteiger charge is -2.43. The van der Waals surface area contributed by atoms with Gasteiger partial charge in [-0.25, -0.2) is 14.4 Å². The molecule has 1 amide bonds. The Balaban J connectivity index is 1.45. The van der Waals surface area contributed by atoms with Crippen LogP contribution in [-0.4, -0.2) is 38.4 Å². The molecular formula is C22H19FN4O2. The van der Waals surface area contributed by atoms with Gasteiger partial charge in [-0.15, -0.1) is 0 Å². The second-order valence-corrected chi connectivity index (χ2v) is 7.73. The summed E-state index contributed by atoms with van der Waals surface area (Å²) in [5.41, 5.74) is 2.71. The lowest BCUT2D eigenvalue weighted by molar-refractivity contribution is 0.0594. The third-order valence-electron chi connectivity index (χ3n) is 5.85. The number of pyridine rings is 1. The highest BCUT2D eigenvalue weighted by atomic mass is 19.1. The van der Waals surface area contributed by atoms with Gasteiger partial charge >= 0.3 is 0 Å². The molecule has 0 unspecified atom stereocenters. The summed E-state index contributed by atoms with van der Waals surface area (Å²) in [6, 6.07) is 9.47. The number of rotatable bonds is 2. The zero-order chi connectivity index (χ0) is 20.0. The Morgan fingerprint density at radius 2 is 1.76 bits per heavy atom. The van der Waals surface area contributed by atoms with Gasteiger partial charge in [0, 0.05) is 54.8 Å². The maximum absolute atomic E-state index is 13.2. The van der Waals surface area contributed by atoms with Crippen LogP contribution in [0.25, 0.3) is 11.1 Å². The fourth-order valence-electron chi connectivity index (χ4n) is 4.54. The van der Waals surface area contributed by atoms with Crippen LogP contribution in [0.5, 0.6) is 0 Å². The van der Waals surface area contributed by atoms with Gasteiger partial charge < -0.3 is 9.47 Å². The fraction of sp³-hybridized carbons (Fsp3) is 0.273. The number of amides is 1. The average molecular weight is 390 g/mol. The van der Waals surface area contributed by atoms with E-state index in [1.54, 1.807) is 12.4 Å². The quantitative estimate of drug-likeness (QED) is 0.675. The third kappa shape index (κ3) is 3.12. The van der Waals surface area contributed by atoms with Crippen LogP contribution in [0.2, 0.25) is 0 Å². The molecule has 2 bridgehead atoms. The van der Waals surface area contributed by atoms with Crippen molar-refractivity contribution in [3.05, 3.63) is 82.5 Å². The van der Waals surface area contributed by atoms with E-state index in [0.29, 0.717) is 36.3 Å². The molecule has 0 saturated carbocycles. The minimum atomic E-state index is -0.356. The summed E-state index contributed by atoms with van der Waals surface area (Å²) in [5.74, 6) is -0.121. The largest absolute Gasteiger partial charge is 0.338 e. The number of aromatic nitrogens is 3. The minimum absolute atomic E-state index is 0.0367. The SMILES string of the molecule is O=C(c1ccc(F)cc1)N1C[C@@H]2C[C@H](C1)c1ccc(-c3cncnc3)c(=O)n1C2. The molecule has 4 heterocycles. The monoisotopic (exact) mass is 390 g/mol. The number of piperidine rings is 1. The molecule has 2 aromatic heterocycles. The molecular weight excluding hydrogens is 371 g/mol. The Kier molecular flexibility index (Phi) is 4.23. The van der Waals surface area contributed by atoms with Crippen molar-refractivity contribution >= 4 is 5.91 Å². The summed E-state index contributed by atoms with van der Waals surface area (Å²) < 4.78 is 15.0. The Hall–Kier alpha value is -3.35. The molecule has 5 rings (SSSR count). The summed E-state index contributed by atoms with van der Waals surface area (Å²) in [7, 11) is 0. The molecule has 7 heteroatoms. The molecule has 6 nitrogen and oxygen atoms in total. The van der Waals surface area contributed by atoms with E-state index in [1.165, 1.54) is 30.6 Å². The van der Waals surface area contributed by atoms with Crippen LogP contribution in [0, 0.1) is 11.7 Å². The Labute approximate surface area is 166 Å².